The topological polar surface area (TPSA) is 23.8 Å². The molecule has 0 atom stereocenters. The predicted molar refractivity (Wildman–Crippen MR) is 58.8 cm³/mol. The van der Waals surface area contributed by atoms with E-state index in [9.17, 15) is 0 Å². The second-order valence-corrected chi connectivity index (χ2v) is 3.84. The maximum absolute atomic E-state index is 8.89. The summed E-state index contributed by atoms with van der Waals surface area (Å²) in [6, 6.07) is 12.1. The molecule has 0 amide bonds. The molecule has 2 heteroatoms. The van der Waals surface area contributed by atoms with Crippen molar-refractivity contribution >= 4 is 26.2 Å². The summed E-state index contributed by atoms with van der Waals surface area (Å²) in [5, 5.41) is 12.2. The van der Waals surface area contributed by atoms with E-state index in [1.807, 2.05) is 37.3 Å². The summed E-state index contributed by atoms with van der Waals surface area (Å²) < 4.78 is 0. The quantitative estimate of drug-likeness (QED) is 0.587. The summed E-state index contributed by atoms with van der Waals surface area (Å²) in [6.45, 7) is 1.96. The number of hydrogen-bond acceptors (Lipinski definition) is 1. The predicted octanol–water partition coefficient (Wildman–Crippen LogP) is 1.81. The van der Waals surface area contributed by atoms with E-state index in [0.29, 0.717) is 0 Å². The van der Waals surface area contributed by atoms with E-state index in [-0.39, 0.29) is 0 Å². The van der Waals surface area contributed by atoms with Crippen LogP contribution in [-0.4, -0.2) is 10.2 Å². The summed E-state index contributed by atoms with van der Waals surface area (Å²) in [5.74, 6) is 0. The van der Waals surface area contributed by atoms with Crippen molar-refractivity contribution in [3.05, 3.63) is 41.5 Å². The minimum absolute atomic E-state index is 0.745. The largest absolute Gasteiger partial charge is 0.192 e. The number of aryl methyl sites for hydroxylation is 1. The normalized spacial score (nSPS) is 10.1. The summed E-state index contributed by atoms with van der Waals surface area (Å²) in [7, 11) is 3.55. The van der Waals surface area contributed by atoms with E-state index in [1.54, 1.807) is 0 Å². The fraction of sp³-hybridized carbons (Fsp3) is 0.0833. The average Bonchev–Trinajstić information content (AvgIpc) is 2.19. The van der Waals surface area contributed by atoms with Gasteiger partial charge in [0.1, 0.15) is 0 Å². The van der Waals surface area contributed by atoms with Crippen LogP contribution in [0.5, 0.6) is 0 Å². The lowest BCUT2D eigenvalue weighted by Crippen LogP contribution is -2.03. The van der Waals surface area contributed by atoms with Crippen LogP contribution in [0.3, 0.4) is 0 Å². The van der Waals surface area contributed by atoms with Gasteiger partial charge in [0, 0.05) is 0 Å². The van der Waals surface area contributed by atoms with Crippen molar-refractivity contribution < 1.29 is 0 Å². The molecule has 2 aromatic rings. The molecule has 0 heterocycles. The second-order valence-electron chi connectivity index (χ2n) is 3.31. The Morgan fingerprint density at radius 3 is 2.79 bits per heavy atom. The zero-order chi connectivity index (χ0) is 10.1. The molecule has 2 aromatic carbocycles. The fourth-order valence-electron chi connectivity index (χ4n) is 1.55. The molecule has 0 saturated carbocycles. The minimum Gasteiger partial charge on any atom is -0.192 e. The van der Waals surface area contributed by atoms with Gasteiger partial charge in [0.25, 0.3) is 0 Å². The first-order valence-corrected chi connectivity index (χ1v) is 4.87. The van der Waals surface area contributed by atoms with Crippen LogP contribution in [0, 0.1) is 18.3 Å². The third-order valence-electron chi connectivity index (χ3n) is 2.35. The van der Waals surface area contributed by atoms with E-state index in [2.05, 4.69) is 16.3 Å². The van der Waals surface area contributed by atoms with Crippen LogP contribution in [-0.2, 0) is 0 Å². The van der Waals surface area contributed by atoms with Crippen LogP contribution in [0.15, 0.2) is 30.3 Å². The number of fused-ring (bicyclic) bond motifs is 1. The van der Waals surface area contributed by atoms with Crippen molar-refractivity contribution in [2.24, 2.45) is 0 Å². The highest BCUT2D eigenvalue weighted by atomic mass is 28.1. The van der Waals surface area contributed by atoms with Gasteiger partial charge in [-0.25, -0.2) is 0 Å². The molecule has 14 heavy (non-hydrogen) atoms. The highest BCUT2D eigenvalue weighted by molar-refractivity contribution is 6.38. The Morgan fingerprint density at radius 1 is 1.29 bits per heavy atom. The van der Waals surface area contributed by atoms with E-state index in [0.717, 1.165) is 27.1 Å². The summed E-state index contributed by atoms with van der Waals surface area (Å²) in [4.78, 5) is 0. The van der Waals surface area contributed by atoms with Gasteiger partial charge in [0.15, 0.2) is 0 Å². The molecule has 65 valence electrons. The lowest BCUT2D eigenvalue weighted by molar-refractivity contribution is 1.42. The number of nitriles is 1. The number of hydrogen-bond donors (Lipinski definition) is 0. The van der Waals surface area contributed by atoms with Gasteiger partial charge in [-0.2, -0.15) is 5.26 Å². The summed E-state index contributed by atoms with van der Waals surface area (Å²) in [5.41, 5.74) is 1.76. The highest BCUT2D eigenvalue weighted by Gasteiger charge is 2.01. The molecular weight excluding hydrogens is 186 g/mol. The molecule has 0 aliphatic rings. The number of benzene rings is 2. The maximum Gasteiger partial charge on any atom is 0.0994 e. The van der Waals surface area contributed by atoms with Crippen LogP contribution in [0.4, 0.5) is 0 Å². The molecule has 1 nitrogen and oxygen atoms in total. The monoisotopic (exact) mass is 194 g/mol. The Bertz CT molecular complexity index is 538. The summed E-state index contributed by atoms with van der Waals surface area (Å²) in [6.07, 6.45) is 0. The van der Waals surface area contributed by atoms with Gasteiger partial charge in [0.05, 0.1) is 21.9 Å². The van der Waals surface area contributed by atoms with Crippen LogP contribution in [0.25, 0.3) is 10.8 Å². The lowest BCUT2D eigenvalue weighted by atomic mass is 10.0. The smallest absolute Gasteiger partial charge is 0.0994 e. The molecule has 0 fully saturated rings. The van der Waals surface area contributed by atoms with Gasteiger partial charge in [-0.1, -0.05) is 29.5 Å². The Labute approximate surface area is 86.4 Å². The Hall–Kier alpha value is -1.59. The van der Waals surface area contributed by atoms with Gasteiger partial charge in [-0.05, 0) is 29.3 Å². The standard InChI is InChI=1S/C12H8NSi/c1-8-5-11-9(6-10(8)7-13)3-2-4-12(11)14/h2-6H,1H3. The molecule has 3 radical (unpaired) electrons. The molecule has 0 aliphatic carbocycles. The fourth-order valence-corrected chi connectivity index (χ4v) is 1.87. The van der Waals surface area contributed by atoms with E-state index in [4.69, 9.17) is 5.26 Å². The van der Waals surface area contributed by atoms with Crippen LogP contribution in [0.1, 0.15) is 11.1 Å². The maximum atomic E-state index is 8.89. The molecule has 2 rings (SSSR count). The Kier molecular flexibility index (Phi) is 2.10. The van der Waals surface area contributed by atoms with Crippen molar-refractivity contribution in [3.63, 3.8) is 0 Å². The molecule has 0 saturated heterocycles. The molecule has 0 aromatic heterocycles. The first kappa shape index (κ1) is 8.98. The third-order valence-corrected chi connectivity index (χ3v) is 2.78. The van der Waals surface area contributed by atoms with Gasteiger partial charge >= 0.3 is 0 Å². The Morgan fingerprint density at radius 2 is 2.07 bits per heavy atom. The SMILES string of the molecule is Cc1cc2c([Si])cccc2cc1C#N. The highest BCUT2D eigenvalue weighted by Crippen LogP contribution is 2.17. The minimum atomic E-state index is 0.745. The number of nitrogens with zero attached hydrogens (tertiary/aromatic N) is 1. The molecule has 0 unspecified atom stereocenters. The molecule has 0 spiro atoms. The van der Waals surface area contributed by atoms with Crippen molar-refractivity contribution in [1.29, 1.82) is 5.26 Å². The summed E-state index contributed by atoms with van der Waals surface area (Å²) >= 11 is 0. The molecular formula is C12H8NSi. The van der Waals surface area contributed by atoms with Crippen LogP contribution in [0.2, 0.25) is 0 Å². The van der Waals surface area contributed by atoms with E-state index < -0.39 is 0 Å². The number of rotatable bonds is 0. The van der Waals surface area contributed by atoms with Crippen molar-refractivity contribution in [3.8, 4) is 6.07 Å². The van der Waals surface area contributed by atoms with Crippen LogP contribution < -0.4 is 5.19 Å². The zero-order valence-corrected chi connectivity index (χ0v) is 8.83. The average molecular weight is 194 g/mol. The molecule has 0 bridgehead atoms. The van der Waals surface area contributed by atoms with Gasteiger partial charge in [0.2, 0.25) is 0 Å². The first-order valence-electron chi connectivity index (χ1n) is 4.37. The van der Waals surface area contributed by atoms with Gasteiger partial charge < -0.3 is 0 Å². The zero-order valence-electron chi connectivity index (χ0n) is 7.83. The van der Waals surface area contributed by atoms with Crippen molar-refractivity contribution in [1.82, 2.24) is 0 Å². The van der Waals surface area contributed by atoms with E-state index in [1.165, 1.54) is 0 Å². The lowest BCUT2D eigenvalue weighted by Gasteiger charge is -2.04. The van der Waals surface area contributed by atoms with Crippen LogP contribution >= 0.6 is 0 Å². The van der Waals surface area contributed by atoms with Crippen molar-refractivity contribution in [2.45, 2.75) is 6.92 Å². The Balaban J connectivity index is 2.88. The first-order chi connectivity index (χ1) is 6.72. The van der Waals surface area contributed by atoms with Gasteiger partial charge in [-0.3, -0.25) is 0 Å². The second kappa shape index (κ2) is 3.28. The third kappa shape index (κ3) is 1.32. The molecule has 0 aliphatic heterocycles. The van der Waals surface area contributed by atoms with Gasteiger partial charge in [-0.15, -0.1) is 0 Å². The van der Waals surface area contributed by atoms with Crippen molar-refractivity contribution in [2.75, 3.05) is 0 Å². The molecule has 0 N–H and O–H groups in total. The van der Waals surface area contributed by atoms with E-state index >= 15 is 0 Å².